The zero-order chi connectivity index (χ0) is 11.5. The van der Waals surface area contributed by atoms with Gasteiger partial charge in [0.25, 0.3) is 0 Å². The van der Waals surface area contributed by atoms with Crippen LogP contribution in [0.1, 0.15) is 5.69 Å². The van der Waals surface area contributed by atoms with Crippen LogP contribution in [0.15, 0.2) is 4.47 Å². The van der Waals surface area contributed by atoms with Crippen molar-refractivity contribution in [3.8, 4) is 0 Å². The van der Waals surface area contributed by atoms with Gasteiger partial charge < -0.3 is 15.0 Å². The molecule has 1 aliphatic rings. The molecule has 88 valence electrons. The molecule has 0 amide bonds. The van der Waals surface area contributed by atoms with Crippen LogP contribution in [0.2, 0.25) is 0 Å². The molecule has 0 spiro atoms. The van der Waals surface area contributed by atoms with E-state index in [1.807, 2.05) is 14.0 Å². The maximum absolute atomic E-state index is 5.31. The third-order valence-electron chi connectivity index (χ3n) is 2.54. The number of aryl methyl sites for hydroxylation is 1. The van der Waals surface area contributed by atoms with Crippen molar-refractivity contribution in [3.63, 3.8) is 0 Å². The van der Waals surface area contributed by atoms with Crippen LogP contribution in [-0.2, 0) is 4.74 Å². The lowest BCUT2D eigenvalue weighted by atomic mass is 10.4. The van der Waals surface area contributed by atoms with Crippen molar-refractivity contribution in [1.82, 2.24) is 9.97 Å². The second-order valence-corrected chi connectivity index (χ2v) is 4.41. The Bertz CT molecular complexity index is 379. The summed E-state index contributed by atoms with van der Waals surface area (Å²) >= 11 is 3.47. The molecule has 1 aromatic rings. The molecule has 0 unspecified atom stereocenters. The van der Waals surface area contributed by atoms with Gasteiger partial charge in [-0.15, -0.1) is 0 Å². The van der Waals surface area contributed by atoms with Gasteiger partial charge in [-0.3, -0.25) is 0 Å². The van der Waals surface area contributed by atoms with Gasteiger partial charge in [-0.05, 0) is 22.9 Å². The number of aromatic nitrogens is 2. The van der Waals surface area contributed by atoms with Gasteiger partial charge >= 0.3 is 0 Å². The van der Waals surface area contributed by atoms with Gasteiger partial charge in [-0.2, -0.15) is 4.98 Å². The van der Waals surface area contributed by atoms with E-state index in [1.165, 1.54) is 0 Å². The van der Waals surface area contributed by atoms with Gasteiger partial charge in [0.1, 0.15) is 5.82 Å². The Hall–Kier alpha value is -0.880. The van der Waals surface area contributed by atoms with Crippen molar-refractivity contribution in [2.45, 2.75) is 6.92 Å². The number of morpholine rings is 1. The van der Waals surface area contributed by atoms with E-state index in [9.17, 15) is 0 Å². The minimum atomic E-state index is 0.743. The van der Waals surface area contributed by atoms with Crippen molar-refractivity contribution >= 4 is 27.7 Å². The van der Waals surface area contributed by atoms with E-state index in [0.29, 0.717) is 0 Å². The lowest BCUT2D eigenvalue weighted by molar-refractivity contribution is 0.122. The normalized spacial score (nSPS) is 16.3. The second-order valence-electron chi connectivity index (χ2n) is 3.62. The number of rotatable bonds is 2. The number of nitrogens with zero attached hydrogens (tertiary/aromatic N) is 3. The molecule has 0 radical (unpaired) electrons. The Balaban J connectivity index is 2.29. The summed E-state index contributed by atoms with van der Waals surface area (Å²) in [4.78, 5) is 11.1. The van der Waals surface area contributed by atoms with Gasteiger partial charge in [-0.1, -0.05) is 0 Å². The van der Waals surface area contributed by atoms with Crippen LogP contribution in [0.5, 0.6) is 0 Å². The highest BCUT2D eigenvalue weighted by Gasteiger charge is 2.16. The Labute approximate surface area is 103 Å². The molecule has 2 rings (SSSR count). The SMILES string of the molecule is CNc1nc(N2CCOCC2)nc(C)c1Br. The average molecular weight is 287 g/mol. The minimum absolute atomic E-state index is 0.743. The monoisotopic (exact) mass is 286 g/mol. The molecule has 0 aliphatic carbocycles. The van der Waals surface area contributed by atoms with Crippen LogP contribution in [0.4, 0.5) is 11.8 Å². The van der Waals surface area contributed by atoms with Crippen molar-refractivity contribution in [3.05, 3.63) is 10.2 Å². The van der Waals surface area contributed by atoms with Crippen LogP contribution >= 0.6 is 15.9 Å². The quantitative estimate of drug-likeness (QED) is 0.891. The van der Waals surface area contributed by atoms with Crippen molar-refractivity contribution in [2.24, 2.45) is 0 Å². The Kier molecular flexibility index (Phi) is 3.60. The Morgan fingerprint density at radius 2 is 2.00 bits per heavy atom. The van der Waals surface area contributed by atoms with Crippen LogP contribution < -0.4 is 10.2 Å². The van der Waals surface area contributed by atoms with Crippen molar-refractivity contribution in [1.29, 1.82) is 0 Å². The molecule has 0 atom stereocenters. The molecule has 1 saturated heterocycles. The minimum Gasteiger partial charge on any atom is -0.378 e. The fourth-order valence-corrected chi connectivity index (χ4v) is 1.99. The number of hydrogen-bond donors (Lipinski definition) is 1. The molecule has 0 aromatic carbocycles. The number of halogens is 1. The largest absolute Gasteiger partial charge is 0.378 e. The van der Waals surface area contributed by atoms with Gasteiger partial charge in [0.15, 0.2) is 0 Å². The fraction of sp³-hybridized carbons (Fsp3) is 0.600. The summed E-state index contributed by atoms with van der Waals surface area (Å²) in [6.07, 6.45) is 0. The van der Waals surface area contributed by atoms with E-state index in [1.54, 1.807) is 0 Å². The van der Waals surface area contributed by atoms with Crippen molar-refractivity contribution < 1.29 is 4.74 Å². The number of hydrogen-bond acceptors (Lipinski definition) is 5. The first-order valence-electron chi connectivity index (χ1n) is 5.27. The van der Waals surface area contributed by atoms with E-state index in [-0.39, 0.29) is 0 Å². The predicted octanol–water partition coefficient (Wildman–Crippen LogP) is 1.43. The zero-order valence-electron chi connectivity index (χ0n) is 9.46. The molecular formula is C10H15BrN4O. The molecule has 1 fully saturated rings. The van der Waals surface area contributed by atoms with E-state index >= 15 is 0 Å². The number of ether oxygens (including phenoxy) is 1. The highest BCUT2D eigenvalue weighted by Crippen LogP contribution is 2.25. The highest BCUT2D eigenvalue weighted by atomic mass is 79.9. The molecule has 1 aliphatic heterocycles. The number of nitrogens with one attached hydrogen (secondary N) is 1. The summed E-state index contributed by atoms with van der Waals surface area (Å²) in [5.41, 5.74) is 0.945. The molecule has 1 aromatic heterocycles. The summed E-state index contributed by atoms with van der Waals surface area (Å²) in [6, 6.07) is 0. The topological polar surface area (TPSA) is 50.3 Å². The van der Waals surface area contributed by atoms with E-state index < -0.39 is 0 Å². The predicted molar refractivity (Wildman–Crippen MR) is 67.0 cm³/mol. The summed E-state index contributed by atoms with van der Waals surface area (Å²) in [7, 11) is 1.86. The van der Waals surface area contributed by atoms with Crippen LogP contribution in [0.25, 0.3) is 0 Å². The highest BCUT2D eigenvalue weighted by molar-refractivity contribution is 9.10. The standard InChI is InChI=1S/C10H15BrN4O/c1-7-8(11)9(12-2)14-10(13-7)15-3-5-16-6-4-15/h3-6H2,1-2H3,(H,12,13,14). The molecule has 5 nitrogen and oxygen atoms in total. The molecule has 2 heterocycles. The lowest BCUT2D eigenvalue weighted by Crippen LogP contribution is -2.37. The summed E-state index contributed by atoms with van der Waals surface area (Å²) in [5, 5.41) is 3.06. The maximum Gasteiger partial charge on any atom is 0.227 e. The van der Waals surface area contributed by atoms with Gasteiger partial charge in [-0.25, -0.2) is 4.98 Å². The lowest BCUT2D eigenvalue weighted by Gasteiger charge is -2.27. The summed E-state index contributed by atoms with van der Waals surface area (Å²) in [5.74, 6) is 1.60. The molecule has 6 heteroatoms. The van der Waals surface area contributed by atoms with E-state index in [0.717, 1.165) is 48.2 Å². The Morgan fingerprint density at radius 1 is 1.31 bits per heavy atom. The molecule has 0 bridgehead atoms. The van der Waals surface area contributed by atoms with Crippen LogP contribution in [0.3, 0.4) is 0 Å². The van der Waals surface area contributed by atoms with Gasteiger partial charge in [0.05, 0.1) is 23.4 Å². The van der Waals surface area contributed by atoms with Crippen LogP contribution in [-0.4, -0.2) is 43.3 Å². The smallest absolute Gasteiger partial charge is 0.227 e. The zero-order valence-corrected chi connectivity index (χ0v) is 11.0. The summed E-state index contributed by atoms with van der Waals surface area (Å²) in [6.45, 7) is 5.16. The average Bonchev–Trinajstić information content (AvgIpc) is 2.33. The van der Waals surface area contributed by atoms with Gasteiger partial charge in [0, 0.05) is 20.1 Å². The molecule has 0 saturated carbocycles. The number of anilines is 2. The Morgan fingerprint density at radius 3 is 2.62 bits per heavy atom. The second kappa shape index (κ2) is 4.97. The van der Waals surface area contributed by atoms with Crippen molar-refractivity contribution in [2.75, 3.05) is 43.6 Å². The maximum atomic E-state index is 5.31. The third-order valence-corrected chi connectivity index (χ3v) is 3.49. The van der Waals surface area contributed by atoms with E-state index in [4.69, 9.17) is 4.74 Å². The first-order valence-corrected chi connectivity index (χ1v) is 6.06. The fourth-order valence-electron chi connectivity index (χ4n) is 1.61. The third kappa shape index (κ3) is 2.27. The molecule has 1 N–H and O–H groups in total. The van der Waals surface area contributed by atoms with E-state index in [2.05, 4.69) is 36.1 Å². The van der Waals surface area contributed by atoms with Crippen LogP contribution in [0, 0.1) is 6.92 Å². The molecular weight excluding hydrogens is 272 g/mol. The first-order chi connectivity index (χ1) is 7.72. The van der Waals surface area contributed by atoms with Gasteiger partial charge in [0.2, 0.25) is 5.95 Å². The molecule has 16 heavy (non-hydrogen) atoms. The summed E-state index contributed by atoms with van der Waals surface area (Å²) < 4.78 is 6.23. The first kappa shape index (κ1) is 11.6.